The zero-order valence-electron chi connectivity index (χ0n) is 33.6. The first-order valence-electron chi connectivity index (χ1n) is 20.8. The standard InChI is InChI=1S/C56H39N5/c1-2-53-57-51-27-15-16-28-52(51)61(53)44-34-42(50-36-41-21-9-10-23-46(41)47-24-12-13-25-48(47)50)33-43(35-44)55-58-54(40-31-29-38(30-32-40)37-17-5-3-6-18-37)59-56(60-55)49-26-14-11-22-45(49)39-19-7-4-8-20-39/h3-36H,2H2,1H3. The lowest BCUT2D eigenvalue weighted by Gasteiger charge is -2.17. The van der Waals surface area contributed by atoms with Crippen LogP contribution in [0.3, 0.4) is 0 Å². The van der Waals surface area contributed by atoms with Gasteiger partial charge in [0.25, 0.3) is 0 Å². The quantitative estimate of drug-likeness (QED) is 0.144. The van der Waals surface area contributed by atoms with E-state index in [4.69, 9.17) is 19.9 Å². The maximum atomic E-state index is 5.38. The average Bonchev–Trinajstić information content (AvgIpc) is 3.73. The highest BCUT2D eigenvalue weighted by atomic mass is 15.1. The molecule has 0 unspecified atom stereocenters. The molecule has 0 amide bonds. The van der Waals surface area contributed by atoms with E-state index in [0.29, 0.717) is 17.5 Å². The van der Waals surface area contributed by atoms with Gasteiger partial charge in [-0.1, -0.05) is 177 Å². The molecule has 0 spiro atoms. The Kier molecular flexibility index (Phi) is 9.05. The van der Waals surface area contributed by atoms with Crippen LogP contribution in [0.2, 0.25) is 0 Å². The highest BCUT2D eigenvalue weighted by molar-refractivity contribution is 6.14. The number of rotatable bonds is 8. The number of aromatic nitrogens is 5. The lowest BCUT2D eigenvalue weighted by Crippen LogP contribution is -2.04. The maximum absolute atomic E-state index is 5.38. The smallest absolute Gasteiger partial charge is 0.164 e. The summed E-state index contributed by atoms with van der Waals surface area (Å²) in [4.78, 5) is 21.1. The molecule has 0 saturated carbocycles. The number of hydrogen-bond donors (Lipinski definition) is 0. The Hall–Kier alpha value is -8.02. The molecule has 0 saturated heterocycles. The second-order valence-corrected chi connectivity index (χ2v) is 15.3. The van der Waals surface area contributed by atoms with E-state index in [1.54, 1.807) is 0 Å². The van der Waals surface area contributed by atoms with Crippen LogP contribution in [0.15, 0.2) is 206 Å². The van der Waals surface area contributed by atoms with Crippen molar-refractivity contribution in [2.45, 2.75) is 13.3 Å². The Labute approximate surface area is 354 Å². The Bertz CT molecular complexity index is 3390. The third kappa shape index (κ3) is 6.63. The van der Waals surface area contributed by atoms with Crippen LogP contribution >= 0.6 is 0 Å². The van der Waals surface area contributed by atoms with Gasteiger partial charge in [-0.2, -0.15) is 0 Å². The van der Waals surface area contributed by atoms with Gasteiger partial charge in [-0.25, -0.2) is 19.9 Å². The predicted molar refractivity (Wildman–Crippen MR) is 251 cm³/mol. The lowest BCUT2D eigenvalue weighted by atomic mass is 9.92. The minimum absolute atomic E-state index is 0.589. The molecule has 0 aliphatic heterocycles. The van der Waals surface area contributed by atoms with Gasteiger partial charge in [-0.3, -0.25) is 4.57 Å². The number of fused-ring (bicyclic) bond motifs is 4. The fourth-order valence-corrected chi connectivity index (χ4v) is 8.66. The van der Waals surface area contributed by atoms with Crippen molar-refractivity contribution in [3.8, 4) is 73.2 Å². The molecule has 11 aromatic rings. The van der Waals surface area contributed by atoms with Crippen molar-refractivity contribution < 1.29 is 0 Å². The molecule has 0 N–H and O–H groups in total. The van der Waals surface area contributed by atoms with E-state index >= 15 is 0 Å². The second kappa shape index (κ2) is 15.3. The number of nitrogens with zero attached hydrogens (tertiary/aromatic N) is 5. The van der Waals surface area contributed by atoms with Gasteiger partial charge in [-0.15, -0.1) is 0 Å². The molecule has 0 fully saturated rings. The molecular weight excluding hydrogens is 743 g/mol. The molecular formula is C56H39N5. The van der Waals surface area contributed by atoms with Crippen molar-refractivity contribution in [3.63, 3.8) is 0 Å². The number of hydrogen-bond acceptors (Lipinski definition) is 4. The molecule has 2 aromatic heterocycles. The van der Waals surface area contributed by atoms with Gasteiger partial charge in [0.05, 0.1) is 11.0 Å². The Morgan fingerprint density at radius 2 is 0.918 bits per heavy atom. The first-order valence-corrected chi connectivity index (χ1v) is 20.8. The molecule has 0 aliphatic carbocycles. The Balaban J connectivity index is 1.18. The number of aryl methyl sites for hydroxylation is 1. The van der Waals surface area contributed by atoms with Gasteiger partial charge < -0.3 is 0 Å². The monoisotopic (exact) mass is 781 g/mol. The zero-order chi connectivity index (χ0) is 40.7. The van der Waals surface area contributed by atoms with E-state index in [1.165, 1.54) is 21.5 Å². The summed E-state index contributed by atoms with van der Waals surface area (Å²) >= 11 is 0. The summed E-state index contributed by atoms with van der Waals surface area (Å²) in [5, 5.41) is 4.81. The molecule has 2 heterocycles. The molecule has 5 nitrogen and oxygen atoms in total. The number of imidazole rings is 1. The van der Waals surface area contributed by atoms with Gasteiger partial charge in [0.2, 0.25) is 0 Å². The van der Waals surface area contributed by atoms with Crippen LogP contribution in [0.5, 0.6) is 0 Å². The van der Waals surface area contributed by atoms with Gasteiger partial charge in [0.1, 0.15) is 5.82 Å². The van der Waals surface area contributed by atoms with E-state index in [1.807, 2.05) is 12.1 Å². The average molecular weight is 782 g/mol. The first kappa shape index (κ1) is 36.1. The SMILES string of the molecule is CCc1nc2ccccc2n1-c1cc(-c2nc(-c3ccc(-c4ccccc4)cc3)nc(-c3ccccc3-c3ccccc3)n2)cc(-c2cc3ccccc3c3ccccc23)c1. The summed E-state index contributed by atoms with van der Waals surface area (Å²) < 4.78 is 2.29. The van der Waals surface area contributed by atoms with Crippen LogP contribution < -0.4 is 0 Å². The van der Waals surface area contributed by atoms with Crippen molar-refractivity contribution in [1.29, 1.82) is 0 Å². The number of para-hydroxylation sites is 2. The molecule has 0 aliphatic rings. The number of benzene rings is 9. The predicted octanol–water partition coefficient (Wildman–Crippen LogP) is 14.1. The maximum Gasteiger partial charge on any atom is 0.164 e. The molecule has 0 atom stereocenters. The van der Waals surface area contributed by atoms with E-state index in [-0.39, 0.29) is 0 Å². The van der Waals surface area contributed by atoms with E-state index in [9.17, 15) is 0 Å². The fourth-order valence-electron chi connectivity index (χ4n) is 8.66. The van der Waals surface area contributed by atoms with Crippen molar-refractivity contribution in [2.24, 2.45) is 0 Å². The van der Waals surface area contributed by atoms with Gasteiger partial charge >= 0.3 is 0 Å². The van der Waals surface area contributed by atoms with Crippen LogP contribution in [0.25, 0.3) is 106 Å². The lowest BCUT2D eigenvalue weighted by molar-refractivity contribution is 0.908. The third-order valence-corrected chi connectivity index (χ3v) is 11.6. The molecule has 11 rings (SSSR count). The van der Waals surface area contributed by atoms with Crippen molar-refractivity contribution >= 4 is 32.6 Å². The third-order valence-electron chi connectivity index (χ3n) is 11.6. The van der Waals surface area contributed by atoms with Crippen LogP contribution in [-0.4, -0.2) is 24.5 Å². The van der Waals surface area contributed by atoms with Crippen LogP contribution in [0, 0.1) is 0 Å². The van der Waals surface area contributed by atoms with Crippen LogP contribution in [-0.2, 0) is 6.42 Å². The molecule has 0 radical (unpaired) electrons. The molecule has 61 heavy (non-hydrogen) atoms. The van der Waals surface area contributed by atoms with Crippen LogP contribution in [0.1, 0.15) is 12.7 Å². The molecule has 288 valence electrons. The first-order chi connectivity index (χ1) is 30.2. The summed E-state index contributed by atoms with van der Waals surface area (Å²) in [7, 11) is 0. The van der Waals surface area contributed by atoms with Gasteiger partial charge in [0.15, 0.2) is 17.5 Å². The summed E-state index contributed by atoms with van der Waals surface area (Å²) in [6, 6.07) is 72.6. The van der Waals surface area contributed by atoms with Crippen molar-refractivity contribution in [3.05, 3.63) is 212 Å². The summed E-state index contributed by atoms with van der Waals surface area (Å²) in [5.41, 5.74) is 12.4. The molecule has 5 heteroatoms. The molecule has 9 aromatic carbocycles. The normalized spacial score (nSPS) is 11.4. The summed E-state index contributed by atoms with van der Waals surface area (Å²) in [5.74, 6) is 2.79. The van der Waals surface area contributed by atoms with Gasteiger partial charge in [0, 0.05) is 28.8 Å². The zero-order valence-corrected chi connectivity index (χ0v) is 33.6. The van der Waals surface area contributed by atoms with Crippen LogP contribution in [0.4, 0.5) is 0 Å². The summed E-state index contributed by atoms with van der Waals surface area (Å²) in [6.45, 7) is 2.16. The van der Waals surface area contributed by atoms with Crippen molar-refractivity contribution in [2.75, 3.05) is 0 Å². The Morgan fingerprint density at radius 3 is 1.69 bits per heavy atom. The molecule has 0 bridgehead atoms. The van der Waals surface area contributed by atoms with E-state index in [0.717, 1.165) is 79.0 Å². The van der Waals surface area contributed by atoms with Gasteiger partial charge in [-0.05, 0) is 91.3 Å². The summed E-state index contributed by atoms with van der Waals surface area (Å²) in [6.07, 6.45) is 0.766. The minimum Gasteiger partial charge on any atom is -0.296 e. The van der Waals surface area contributed by atoms with E-state index in [2.05, 4.69) is 206 Å². The largest absolute Gasteiger partial charge is 0.296 e. The topological polar surface area (TPSA) is 56.5 Å². The Morgan fingerprint density at radius 1 is 0.361 bits per heavy atom. The van der Waals surface area contributed by atoms with E-state index < -0.39 is 0 Å². The fraction of sp³-hybridized carbons (Fsp3) is 0.0357. The van der Waals surface area contributed by atoms with Crippen molar-refractivity contribution in [1.82, 2.24) is 24.5 Å². The minimum atomic E-state index is 0.589. The highest BCUT2D eigenvalue weighted by Crippen LogP contribution is 2.39. The highest BCUT2D eigenvalue weighted by Gasteiger charge is 2.20. The second-order valence-electron chi connectivity index (χ2n) is 15.3.